The third-order valence-electron chi connectivity index (χ3n) is 4.00. The number of fused-ring (bicyclic) bond motifs is 3. The number of hydrogen-bond acceptors (Lipinski definition) is 4. The van der Waals surface area contributed by atoms with Gasteiger partial charge in [-0.3, -0.25) is 4.79 Å². The van der Waals surface area contributed by atoms with Crippen LogP contribution in [0.25, 0.3) is 0 Å². The molecule has 0 saturated carbocycles. The molecule has 2 saturated heterocycles. The van der Waals surface area contributed by atoms with Crippen LogP contribution in [0.4, 0.5) is 0 Å². The van der Waals surface area contributed by atoms with E-state index in [1.54, 1.807) is 0 Å². The van der Waals surface area contributed by atoms with Gasteiger partial charge in [0, 0.05) is 13.1 Å². The lowest BCUT2D eigenvalue weighted by Gasteiger charge is -2.28. The molecule has 3 heterocycles. The Morgan fingerprint density at radius 3 is 3.12 bits per heavy atom. The number of aliphatic hydroxyl groups excluding tert-OH is 1. The highest BCUT2D eigenvalue weighted by atomic mass is 16.5. The van der Waals surface area contributed by atoms with Gasteiger partial charge in [-0.1, -0.05) is 11.6 Å². The predicted molar refractivity (Wildman–Crippen MR) is 61.1 cm³/mol. The van der Waals surface area contributed by atoms with Crippen molar-refractivity contribution in [3.8, 4) is 0 Å². The summed E-state index contributed by atoms with van der Waals surface area (Å²) in [5.74, 6) is -0.225. The molecule has 0 bridgehead atoms. The van der Waals surface area contributed by atoms with E-state index in [2.05, 4.69) is 11.4 Å². The van der Waals surface area contributed by atoms with E-state index < -0.39 is 6.23 Å². The SMILES string of the molecule is CCN1C(=O)[C@@H]2[C@@H]3NCC(C)=C[C@@H]3O[C@@H]2[C@@H]1O. The van der Waals surface area contributed by atoms with E-state index in [1.807, 2.05) is 13.8 Å². The molecule has 94 valence electrons. The van der Waals surface area contributed by atoms with E-state index in [9.17, 15) is 9.90 Å². The molecule has 0 aromatic rings. The summed E-state index contributed by atoms with van der Waals surface area (Å²) in [5, 5.41) is 13.4. The van der Waals surface area contributed by atoms with Crippen molar-refractivity contribution in [2.45, 2.75) is 38.3 Å². The minimum atomic E-state index is -0.793. The summed E-state index contributed by atoms with van der Waals surface area (Å²) in [6.07, 6.45) is 0.817. The van der Waals surface area contributed by atoms with Crippen LogP contribution in [0.2, 0.25) is 0 Å². The molecular formula is C12H18N2O3. The van der Waals surface area contributed by atoms with Crippen molar-refractivity contribution < 1.29 is 14.6 Å². The van der Waals surface area contributed by atoms with Gasteiger partial charge >= 0.3 is 0 Å². The van der Waals surface area contributed by atoms with Crippen LogP contribution < -0.4 is 5.32 Å². The fourth-order valence-electron chi connectivity index (χ4n) is 3.16. The minimum absolute atomic E-state index is 0.0120. The molecule has 0 aliphatic carbocycles. The number of rotatable bonds is 1. The van der Waals surface area contributed by atoms with E-state index in [1.165, 1.54) is 10.5 Å². The van der Waals surface area contributed by atoms with Gasteiger partial charge in [0.2, 0.25) is 5.91 Å². The van der Waals surface area contributed by atoms with Gasteiger partial charge in [-0.05, 0) is 13.8 Å². The fraction of sp³-hybridized carbons (Fsp3) is 0.750. The molecular weight excluding hydrogens is 220 g/mol. The van der Waals surface area contributed by atoms with E-state index in [-0.39, 0.29) is 30.1 Å². The van der Waals surface area contributed by atoms with Crippen LogP contribution in [0, 0.1) is 5.92 Å². The van der Waals surface area contributed by atoms with Crippen LogP contribution in [0.3, 0.4) is 0 Å². The van der Waals surface area contributed by atoms with Gasteiger partial charge in [-0.15, -0.1) is 0 Å². The van der Waals surface area contributed by atoms with Crippen LogP contribution >= 0.6 is 0 Å². The number of likely N-dealkylation sites (tertiary alicyclic amines) is 1. The summed E-state index contributed by atoms with van der Waals surface area (Å²) in [7, 11) is 0. The Kier molecular flexibility index (Phi) is 2.50. The number of carbonyl (C=O) groups excluding carboxylic acids is 1. The number of nitrogens with zero attached hydrogens (tertiary/aromatic N) is 1. The smallest absolute Gasteiger partial charge is 0.232 e. The summed E-state index contributed by atoms with van der Waals surface area (Å²) in [6.45, 7) is 5.24. The van der Waals surface area contributed by atoms with Crippen molar-refractivity contribution in [1.82, 2.24) is 10.2 Å². The minimum Gasteiger partial charge on any atom is -0.371 e. The third kappa shape index (κ3) is 1.46. The van der Waals surface area contributed by atoms with Crippen molar-refractivity contribution in [2.75, 3.05) is 13.1 Å². The zero-order chi connectivity index (χ0) is 12.2. The average molecular weight is 238 g/mol. The van der Waals surface area contributed by atoms with Crippen molar-refractivity contribution in [2.24, 2.45) is 5.92 Å². The van der Waals surface area contributed by atoms with Crippen LogP contribution in [-0.2, 0) is 9.53 Å². The maximum atomic E-state index is 12.2. The van der Waals surface area contributed by atoms with Gasteiger partial charge in [0.25, 0.3) is 0 Å². The lowest BCUT2D eigenvalue weighted by Crippen LogP contribution is -2.48. The molecule has 17 heavy (non-hydrogen) atoms. The number of aliphatic hydroxyl groups is 1. The normalized spacial score (nSPS) is 44.6. The zero-order valence-corrected chi connectivity index (χ0v) is 10.1. The number of likely N-dealkylation sites (N-methyl/N-ethyl adjacent to an activating group) is 1. The first kappa shape index (κ1) is 11.2. The summed E-state index contributed by atoms with van der Waals surface area (Å²) in [4.78, 5) is 13.7. The number of nitrogens with one attached hydrogen (secondary N) is 1. The van der Waals surface area contributed by atoms with Crippen molar-refractivity contribution in [1.29, 1.82) is 0 Å². The van der Waals surface area contributed by atoms with Gasteiger partial charge in [-0.25, -0.2) is 0 Å². The third-order valence-corrected chi connectivity index (χ3v) is 4.00. The Bertz CT molecular complexity index is 382. The second-order valence-corrected chi connectivity index (χ2v) is 5.05. The first-order chi connectivity index (χ1) is 8.13. The van der Waals surface area contributed by atoms with Gasteiger partial charge in [0.1, 0.15) is 6.10 Å². The maximum absolute atomic E-state index is 12.2. The maximum Gasteiger partial charge on any atom is 0.232 e. The summed E-state index contributed by atoms with van der Waals surface area (Å²) in [5.41, 5.74) is 1.22. The van der Waals surface area contributed by atoms with E-state index >= 15 is 0 Å². The largest absolute Gasteiger partial charge is 0.371 e. The first-order valence-electron chi connectivity index (χ1n) is 6.18. The second-order valence-electron chi connectivity index (χ2n) is 5.05. The van der Waals surface area contributed by atoms with Crippen molar-refractivity contribution in [3.05, 3.63) is 11.6 Å². The molecule has 0 spiro atoms. The zero-order valence-electron chi connectivity index (χ0n) is 10.1. The Hall–Kier alpha value is -0.910. The van der Waals surface area contributed by atoms with Crippen LogP contribution in [0.5, 0.6) is 0 Å². The van der Waals surface area contributed by atoms with E-state index in [4.69, 9.17) is 4.74 Å². The number of amides is 1. The molecule has 3 rings (SSSR count). The average Bonchev–Trinajstić information content (AvgIpc) is 2.76. The highest BCUT2D eigenvalue weighted by molar-refractivity contribution is 5.83. The Balaban J connectivity index is 1.89. The number of ether oxygens (including phenoxy) is 1. The van der Waals surface area contributed by atoms with Crippen molar-refractivity contribution in [3.63, 3.8) is 0 Å². The Morgan fingerprint density at radius 1 is 1.65 bits per heavy atom. The molecule has 0 radical (unpaired) electrons. The Morgan fingerprint density at radius 2 is 2.41 bits per heavy atom. The van der Waals surface area contributed by atoms with E-state index in [0.717, 1.165) is 6.54 Å². The quantitative estimate of drug-likeness (QED) is 0.603. The number of hydrogen-bond donors (Lipinski definition) is 2. The van der Waals surface area contributed by atoms with Gasteiger partial charge < -0.3 is 20.1 Å². The highest BCUT2D eigenvalue weighted by Gasteiger charge is 2.58. The lowest BCUT2D eigenvalue weighted by molar-refractivity contribution is -0.138. The molecule has 2 N–H and O–H groups in total. The Labute approximate surface area is 100 Å². The molecule has 1 amide bonds. The van der Waals surface area contributed by atoms with Crippen LogP contribution in [0.1, 0.15) is 13.8 Å². The predicted octanol–water partition coefficient (Wildman–Crippen LogP) is -0.531. The molecule has 5 atom stereocenters. The molecule has 2 fully saturated rings. The summed E-state index contributed by atoms with van der Waals surface area (Å²) in [6, 6.07) is 0.0161. The lowest BCUT2D eigenvalue weighted by atomic mass is 9.92. The van der Waals surface area contributed by atoms with Crippen LogP contribution in [0.15, 0.2) is 11.6 Å². The van der Waals surface area contributed by atoms with Crippen molar-refractivity contribution >= 4 is 5.91 Å². The van der Waals surface area contributed by atoms with Gasteiger partial charge in [0.05, 0.1) is 18.1 Å². The topological polar surface area (TPSA) is 61.8 Å². The molecule has 5 nitrogen and oxygen atoms in total. The summed E-state index contributed by atoms with van der Waals surface area (Å²) >= 11 is 0. The highest BCUT2D eigenvalue weighted by Crippen LogP contribution is 2.39. The standard InChI is InChI=1S/C12H18N2O3/c1-3-14-11(15)8-9-7(4-6(2)5-13-9)17-10(8)12(14)16/h4,7-10,12-13,16H,3,5H2,1-2H3/t7-,8+,9+,10-,12-/m0/s1. The molecule has 3 aliphatic rings. The summed E-state index contributed by atoms with van der Waals surface area (Å²) < 4.78 is 5.82. The first-order valence-corrected chi connectivity index (χ1v) is 6.18. The molecule has 0 aromatic carbocycles. The molecule has 0 aromatic heterocycles. The number of carbonyl (C=O) groups is 1. The van der Waals surface area contributed by atoms with Gasteiger partial charge in [0.15, 0.2) is 6.23 Å². The monoisotopic (exact) mass is 238 g/mol. The van der Waals surface area contributed by atoms with Gasteiger partial charge in [-0.2, -0.15) is 0 Å². The van der Waals surface area contributed by atoms with E-state index in [0.29, 0.717) is 6.54 Å². The molecule has 3 aliphatic heterocycles. The second kappa shape index (κ2) is 3.80. The molecule has 0 unspecified atom stereocenters. The fourth-order valence-corrected chi connectivity index (χ4v) is 3.16. The van der Waals surface area contributed by atoms with Crippen LogP contribution in [-0.4, -0.2) is 53.5 Å². The molecule has 5 heteroatoms.